The molecule has 2 heterocycles. The number of alkyl halides is 3. The maximum atomic E-state index is 12.9. The Morgan fingerprint density at radius 1 is 1.38 bits per heavy atom. The van der Waals surface area contributed by atoms with E-state index in [0.717, 1.165) is 0 Å². The van der Waals surface area contributed by atoms with E-state index in [1.54, 1.807) is 12.1 Å². The van der Waals surface area contributed by atoms with Crippen molar-refractivity contribution in [1.82, 2.24) is 14.8 Å². The van der Waals surface area contributed by atoms with Crippen LogP contribution in [-0.4, -0.2) is 26.8 Å². The van der Waals surface area contributed by atoms with Crippen LogP contribution in [0.3, 0.4) is 0 Å². The van der Waals surface area contributed by atoms with Gasteiger partial charge in [-0.2, -0.15) is 23.5 Å². The number of rotatable bonds is 3. The number of halogens is 3. The fourth-order valence-corrected chi connectivity index (χ4v) is 3.14. The molecule has 0 aromatic carbocycles. The van der Waals surface area contributed by atoms with Crippen LogP contribution < -0.4 is 5.32 Å². The Kier molecular flexibility index (Phi) is 4.93. The summed E-state index contributed by atoms with van der Waals surface area (Å²) in [6.07, 6.45) is 0.783. The first-order chi connectivity index (χ1) is 12.4. The zero-order chi connectivity index (χ0) is 18.7. The van der Waals surface area contributed by atoms with E-state index in [1.165, 1.54) is 23.3 Å². The highest BCUT2D eigenvalue weighted by molar-refractivity contribution is 5.92. The molecule has 26 heavy (non-hydrogen) atoms. The zero-order valence-corrected chi connectivity index (χ0v) is 13.7. The van der Waals surface area contributed by atoms with Gasteiger partial charge in [0.05, 0.1) is 29.6 Å². The number of hydrogen-bond donors (Lipinski definition) is 1. The normalized spacial score (nSPS) is 20.4. The molecule has 2 aromatic heterocycles. The highest BCUT2D eigenvalue weighted by Gasteiger charge is 2.43. The molecule has 6 nitrogen and oxygen atoms in total. The molecule has 2 aromatic rings. The molecule has 0 radical (unpaired) electrons. The van der Waals surface area contributed by atoms with Gasteiger partial charge in [0.15, 0.2) is 5.82 Å². The van der Waals surface area contributed by atoms with Crippen LogP contribution in [0.4, 0.5) is 18.9 Å². The number of nitriles is 1. The van der Waals surface area contributed by atoms with Gasteiger partial charge in [0.2, 0.25) is 5.91 Å². The summed E-state index contributed by atoms with van der Waals surface area (Å²) >= 11 is 0. The molecular weight excluding hydrogens is 347 g/mol. The van der Waals surface area contributed by atoms with Crippen LogP contribution in [0.15, 0.2) is 30.7 Å². The lowest BCUT2D eigenvalue weighted by atomic mass is 9.80. The maximum Gasteiger partial charge on any atom is 0.391 e. The minimum Gasteiger partial charge on any atom is -0.323 e. The molecule has 0 aliphatic heterocycles. The van der Waals surface area contributed by atoms with Gasteiger partial charge in [-0.15, -0.1) is 0 Å². The smallest absolute Gasteiger partial charge is 0.323 e. The van der Waals surface area contributed by atoms with Crippen LogP contribution in [0.25, 0.3) is 5.82 Å². The second kappa shape index (κ2) is 7.15. The molecule has 0 bridgehead atoms. The third-order valence-electron chi connectivity index (χ3n) is 4.48. The van der Waals surface area contributed by atoms with E-state index in [4.69, 9.17) is 5.26 Å². The summed E-state index contributed by atoms with van der Waals surface area (Å²) in [5.74, 6) is -2.24. The average molecular weight is 363 g/mol. The third-order valence-corrected chi connectivity index (χ3v) is 4.48. The minimum atomic E-state index is -4.27. The SMILES string of the molecule is N#Cc1cccnc1-n1cc(NC(=O)C2CCCC(C(F)(F)F)C2)cn1. The van der Waals surface area contributed by atoms with Crippen molar-refractivity contribution in [2.75, 3.05) is 5.32 Å². The number of nitrogens with one attached hydrogen (secondary N) is 1. The first-order valence-electron chi connectivity index (χ1n) is 8.16. The predicted octanol–water partition coefficient (Wildman–Crippen LogP) is 3.45. The van der Waals surface area contributed by atoms with Gasteiger partial charge in [-0.3, -0.25) is 4.79 Å². The van der Waals surface area contributed by atoms with Crippen molar-refractivity contribution in [3.63, 3.8) is 0 Å². The molecule has 2 atom stereocenters. The molecule has 0 spiro atoms. The highest BCUT2D eigenvalue weighted by Crippen LogP contribution is 2.40. The lowest BCUT2D eigenvalue weighted by molar-refractivity contribution is -0.185. The van der Waals surface area contributed by atoms with E-state index in [2.05, 4.69) is 15.4 Å². The van der Waals surface area contributed by atoms with Gasteiger partial charge in [-0.25, -0.2) is 9.67 Å². The van der Waals surface area contributed by atoms with Crippen molar-refractivity contribution in [3.05, 3.63) is 36.3 Å². The van der Waals surface area contributed by atoms with Gasteiger partial charge in [0.1, 0.15) is 6.07 Å². The molecule has 1 N–H and O–H groups in total. The fraction of sp³-hybridized carbons (Fsp3) is 0.412. The summed E-state index contributed by atoms with van der Waals surface area (Å²) in [4.78, 5) is 16.4. The number of anilines is 1. The Balaban J connectivity index is 1.69. The second-order valence-corrected chi connectivity index (χ2v) is 6.25. The van der Waals surface area contributed by atoms with Crippen LogP contribution >= 0.6 is 0 Å². The van der Waals surface area contributed by atoms with Gasteiger partial charge in [-0.05, 0) is 31.4 Å². The molecule has 1 aliphatic carbocycles. The van der Waals surface area contributed by atoms with E-state index >= 15 is 0 Å². The molecule has 2 unspecified atom stereocenters. The molecule has 1 aliphatic rings. The molecule has 1 amide bonds. The number of carbonyl (C=O) groups excluding carboxylic acids is 1. The number of hydrogen-bond acceptors (Lipinski definition) is 4. The fourth-order valence-electron chi connectivity index (χ4n) is 3.14. The summed E-state index contributed by atoms with van der Waals surface area (Å²) in [6, 6.07) is 5.20. The van der Waals surface area contributed by atoms with Crippen LogP contribution in [-0.2, 0) is 4.79 Å². The second-order valence-electron chi connectivity index (χ2n) is 6.25. The summed E-state index contributed by atoms with van der Waals surface area (Å²) in [5.41, 5.74) is 0.660. The summed E-state index contributed by atoms with van der Waals surface area (Å²) < 4.78 is 40.0. The van der Waals surface area contributed by atoms with E-state index in [1.807, 2.05) is 6.07 Å². The summed E-state index contributed by atoms with van der Waals surface area (Å²) in [7, 11) is 0. The molecule has 136 valence electrons. The molecule has 1 saturated carbocycles. The number of pyridine rings is 1. The Morgan fingerprint density at radius 2 is 2.19 bits per heavy atom. The quantitative estimate of drug-likeness (QED) is 0.905. The molecule has 3 rings (SSSR count). The molecular formula is C17H16F3N5O. The van der Waals surface area contributed by atoms with Gasteiger partial charge < -0.3 is 5.32 Å². The van der Waals surface area contributed by atoms with E-state index < -0.39 is 23.9 Å². The van der Waals surface area contributed by atoms with Crippen LogP contribution in [0, 0.1) is 23.2 Å². The monoisotopic (exact) mass is 363 g/mol. The Hall–Kier alpha value is -2.89. The lowest BCUT2D eigenvalue weighted by Crippen LogP contribution is -2.34. The predicted molar refractivity (Wildman–Crippen MR) is 86.2 cm³/mol. The first kappa shape index (κ1) is 17.9. The standard InChI is InChI=1S/C17H16F3N5O/c18-17(19,20)13-5-1-3-11(7-13)16(26)24-14-9-23-25(10-14)15-12(8-21)4-2-6-22-15/h2,4,6,9-11,13H,1,3,5,7H2,(H,24,26). The Bertz CT molecular complexity index is 839. The van der Waals surface area contributed by atoms with Gasteiger partial charge in [0, 0.05) is 12.1 Å². The molecule has 1 fully saturated rings. The molecule has 9 heteroatoms. The van der Waals surface area contributed by atoms with Crippen LogP contribution in [0.1, 0.15) is 31.2 Å². The molecule has 0 saturated heterocycles. The Morgan fingerprint density at radius 3 is 2.92 bits per heavy atom. The van der Waals surface area contributed by atoms with Crippen molar-refractivity contribution in [2.45, 2.75) is 31.9 Å². The van der Waals surface area contributed by atoms with Gasteiger partial charge in [-0.1, -0.05) is 6.42 Å². The van der Waals surface area contributed by atoms with E-state index in [0.29, 0.717) is 29.9 Å². The third kappa shape index (κ3) is 3.85. The van der Waals surface area contributed by atoms with Crippen LogP contribution in [0.5, 0.6) is 0 Å². The van der Waals surface area contributed by atoms with Crippen molar-refractivity contribution in [3.8, 4) is 11.9 Å². The highest BCUT2D eigenvalue weighted by atomic mass is 19.4. The topological polar surface area (TPSA) is 83.6 Å². The Labute approximate surface area is 147 Å². The van der Waals surface area contributed by atoms with Crippen molar-refractivity contribution in [2.24, 2.45) is 11.8 Å². The van der Waals surface area contributed by atoms with Crippen LogP contribution in [0.2, 0.25) is 0 Å². The van der Waals surface area contributed by atoms with Crippen molar-refractivity contribution in [1.29, 1.82) is 5.26 Å². The summed E-state index contributed by atoms with van der Waals surface area (Å²) in [6.45, 7) is 0. The lowest BCUT2D eigenvalue weighted by Gasteiger charge is -2.29. The minimum absolute atomic E-state index is 0.0713. The zero-order valence-electron chi connectivity index (χ0n) is 13.7. The van der Waals surface area contributed by atoms with Gasteiger partial charge >= 0.3 is 6.18 Å². The van der Waals surface area contributed by atoms with E-state index in [-0.39, 0.29) is 12.8 Å². The average Bonchev–Trinajstić information content (AvgIpc) is 3.09. The van der Waals surface area contributed by atoms with Crippen molar-refractivity contribution >= 4 is 11.6 Å². The number of amides is 1. The first-order valence-corrected chi connectivity index (χ1v) is 8.16. The number of aromatic nitrogens is 3. The van der Waals surface area contributed by atoms with E-state index in [9.17, 15) is 18.0 Å². The number of carbonyl (C=O) groups is 1. The largest absolute Gasteiger partial charge is 0.391 e. The maximum absolute atomic E-state index is 12.9. The number of nitrogens with zero attached hydrogens (tertiary/aromatic N) is 4. The van der Waals surface area contributed by atoms with Crippen molar-refractivity contribution < 1.29 is 18.0 Å². The van der Waals surface area contributed by atoms with Gasteiger partial charge in [0.25, 0.3) is 0 Å². The summed E-state index contributed by atoms with van der Waals surface area (Å²) in [5, 5.41) is 15.8.